The lowest BCUT2D eigenvalue weighted by Crippen LogP contribution is -2.40. The van der Waals surface area contributed by atoms with Gasteiger partial charge in [0.05, 0.1) is 11.1 Å². The molecule has 0 radical (unpaired) electrons. The van der Waals surface area contributed by atoms with E-state index in [2.05, 4.69) is 4.98 Å². The predicted octanol–water partition coefficient (Wildman–Crippen LogP) is 0.141. The van der Waals surface area contributed by atoms with Gasteiger partial charge in [-0.2, -0.15) is 0 Å². The number of hydrogen-bond donors (Lipinski definition) is 1. The molecule has 0 spiro atoms. The quantitative estimate of drug-likeness (QED) is 0.816. The fourth-order valence-corrected chi connectivity index (χ4v) is 2.49. The van der Waals surface area contributed by atoms with Crippen LogP contribution in [0.3, 0.4) is 0 Å². The predicted molar refractivity (Wildman–Crippen MR) is 77.9 cm³/mol. The standard InChI is InChI=1S/C15H13N3O4/c1-9-8-12(19)17(15(22)16-9)6-7-18-13(20)10-4-2-3-5-11(10)14(18)21/h2-5,8H,6-7H2,1H3,(H,16,22). The Balaban J connectivity index is 1.85. The zero-order valence-corrected chi connectivity index (χ0v) is 11.8. The first kappa shape index (κ1) is 14.0. The highest BCUT2D eigenvalue weighted by Crippen LogP contribution is 2.21. The van der Waals surface area contributed by atoms with E-state index < -0.39 is 23.1 Å². The van der Waals surface area contributed by atoms with Crippen molar-refractivity contribution in [2.75, 3.05) is 6.54 Å². The zero-order valence-electron chi connectivity index (χ0n) is 11.8. The summed E-state index contributed by atoms with van der Waals surface area (Å²) in [5.41, 5.74) is 0.141. The zero-order chi connectivity index (χ0) is 15.9. The number of amides is 2. The third-order valence-electron chi connectivity index (χ3n) is 3.58. The van der Waals surface area contributed by atoms with E-state index >= 15 is 0 Å². The number of imide groups is 1. The highest BCUT2D eigenvalue weighted by Gasteiger charge is 2.34. The molecular weight excluding hydrogens is 286 g/mol. The molecule has 1 N–H and O–H groups in total. The summed E-state index contributed by atoms with van der Waals surface area (Å²) in [6.45, 7) is 1.54. The number of aromatic nitrogens is 2. The van der Waals surface area contributed by atoms with Gasteiger partial charge < -0.3 is 4.98 Å². The molecule has 22 heavy (non-hydrogen) atoms. The van der Waals surface area contributed by atoms with Gasteiger partial charge in [-0.25, -0.2) is 4.79 Å². The van der Waals surface area contributed by atoms with E-state index in [1.165, 1.54) is 6.07 Å². The Hall–Kier alpha value is -2.96. The number of nitrogens with one attached hydrogen (secondary N) is 1. The number of aryl methyl sites for hydroxylation is 1. The molecule has 7 nitrogen and oxygen atoms in total. The van der Waals surface area contributed by atoms with Gasteiger partial charge in [-0.15, -0.1) is 0 Å². The van der Waals surface area contributed by atoms with Crippen LogP contribution in [0.1, 0.15) is 26.4 Å². The number of carbonyl (C=O) groups excluding carboxylic acids is 2. The Kier molecular flexibility index (Phi) is 3.25. The van der Waals surface area contributed by atoms with E-state index in [-0.39, 0.29) is 13.1 Å². The first-order valence-corrected chi connectivity index (χ1v) is 6.75. The molecule has 112 valence electrons. The molecule has 7 heteroatoms. The SMILES string of the molecule is Cc1cc(=O)n(CCN2C(=O)c3ccccc3C2=O)c(=O)[nH]1. The van der Waals surface area contributed by atoms with Crippen LogP contribution in [0.5, 0.6) is 0 Å². The van der Waals surface area contributed by atoms with Gasteiger partial charge in [-0.05, 0) is 19.1 Å². The van der Waals surface area contributed by atoms with Crippen molar-refractivity contribution in [1.82, 2.24) is 14.5 Å². The second-order valence-electron chi connectivity index (χ2n) is 5.05. The largest absolute Gasteiger partial charge is 0.328 e. The van der Waals surface area contributed by atoms with Gasteiger partial charge in [0.2, 0.25) is 0 Å². The molecule has 1 aliphatic heterocycles. The first-order chi connectivity index (χ1) is 10.5. The van der Waals surface area contributed by atoms with E-state index in [0.29, 0.717) is 16.8 Å². The Morgan fingerprint density at radius 1 is 0.955 bits per heavy atom. The highest BCUT2D eigenvalue weighted by atomic mass is 16.2. The van der Waals surface area contributed by atoms with Crippen LogP contribution in [0.15, 0.2) is 39.9 Å². The molecule has 0 fully saturated rings. The Morgan fingerprint density at radius 2 is 1.55 bits per heavy atom. The van der Waals surface area contributed by atoms with Crippen LogP contribution < -0.4 is 11.2 Å². The summed E-state index contributed by atoms with van der Waals surface area (Å²) in [5, 5.41) is 0. The molecule has 0 atom stereocenters. The van der Waals surface area contributed by atoms with Gasteiger partial charge in [-0.3, -0.25) is 23.9 Å². The van der Waals surface area contributed by atoms with E-state index in [1.807, 2.05) is 0 Å². The van der Waals surface area contributed by atoms with Crippen molar-refractivity contribution in [3.05, 3.63) is 68.0 Å². The normalized spacial score (nSPS) is 13.6. The van der Waals surface area contributed by atoms with Crippen LogP contribution in [-0.4, -0.2) is 32.8 Å². The van der Waals surface area contributed by atoms with E-state index in [9.17, 15) is 19.2 Å². The van der Waals surface area contributed by atoms with Crippen LogP contribution in [0.25, 0.3) is 0 Å². The highest BCUT2D eigenvalue weighted by molar-refractivity contribution is 6.21. The number of fused-ring (bicyclic) bond motifs is 1. The van der Waals surface area contributed by atoms with Crippen LogP contribution >= 0.6 is 0 Å². The molecule has 1 aromatic carbocycles. The third kappa shape index (κ3) is 2.16. The van der Waals surface area contributed by atoms with Gasteiger partial charge in [0.15, 0.2) is 0 Å². The van der Waals surface area contributed by atoms with Gasteiger partial charge in [0.25, 0.3) is 17.4 Å². The van der Waals surface area contributed by atoms with Crippen LogP contribution in [-0.2, 0) is 6.54 Å². The molecule has 3 rings (SSSR count). The van der Waals surface area contributed by atoms with Crippen LogP contribution in [0.2, 0.25) is 0 Å². The monoisotopic (exact) mass is 299 g/mol. The summed E-state index contributed by atoms with van der Waals surface area (Å²) in [5.74, 6) is -0.811. The Bertz CT molecular complexity index is 828. The minimum atomic E-state index is -0.554. The first-order valence-electron chi connectivity index (χ1n) is 6.75. The summed E-state index contributed by atoms with van der Waals surface area (Å²) >= 11 is 0. The summed E-state index contributed by atoms with van der Waals surface area (Å²) in [6.07, 6.45) is 0. The fourth-order valence-electron chi connectivity index (χ4n) is 2.49. The second kappa shape index (κ2) is 5.10. The molecule has 0 bridgehead atoms. The minimum Gasteiger partial charge on any atom is -0.311 e. The summed E-state index contributed by atoms with van der Waals surface area (Å²) in [6, 6.07) is 7.83. The molecule has 0 saturated carbocycles. The molecule has 2 heterocycles. The summed E-state index contributed by atoms with van der Waals surface area (Å²) in [7, 11) is 0. The van der Waals surface area contributed by atoms with Crippen LogP contribution in [0.4, 0.5) is 0 Å². The van der Waals surface area contributed by atoms with Crippen molar-refractivity contribution in [2.24, 2.45) is 0 Å². The van der Waals surface area contributed by atoms with Crippen LogP contribution in [0, 0.1) is 6.92 Å². The number of carbonyl (C=O) groups is 2. The number of H-pyrrole nitrogens is 1. The average Bonchev–Trinajstić information content (AvgIpc) is 2.71. The smallest absolute Gasteiger partial charge is 0.311 e. The van der Waals surface area contributed by atoms with Gasteiger partial charge in [0, 0.05) is 24.8 Å². The lowest BCUT2D eigenvalue weighted by molar-refractivity contribution is 0.0648. The van der Waals surface area contributed by atoms with Crippen molar-refractivity contribution in [3.63, 3.8) is 0 Å². The van der Waals surface area contributed by atoms with E-state index in [1.54, 1.807) is 31.2 Å². The number of aromatic amines is 1. The van der Waals surface area contributed by atoms with E-state index in [4.69, 9.17) is 0 Å². The maximum absolute atomic E-state index is 12.2. The maximum atomic E-state index is 12.2. The van der Waals surface area contributed by atoms with Gasteiger partial charge in [0.1, 0.15) is 0 Å². The maximum Gasteiger partial charge on any atom is 0.328 e. The molecule has 0 aliphatic carbocycles. The van der Waals surface area contributed by atoms with Crippen molar-refractivity contribution < 1.29 is 9.59 Å². The lowest BCUT2D eigenvalue weighted by atomic mass is 10.1. The number of hydrogen-bond acceptors (Lipinski definition) is 4. The molecular formula is C15H13N3O4. The van der Waals surface area contributed by atoms with Crippen molar-refractivity contribution in [3.8, 4) is 0 Å². The fraction of sp³-hybridized carbons (Fsp3) is 0.200. The molecule has 1 aromatic heterocycles. The number of benzene rings is 1. The molecule has 2 aromatic rings. The van der Waals surface area contributed by atoms with E-state index in [0.717, 1.165) is 9.47 Å². The third-order valence-corrected chi connectivity index (χ3v) is 3.58. The number of nitrogens with zero attached hydrogens (tertiary/aromatic N) is 2. The van der Waals surface area contributed by atoms with Crippen molar-refractivity contribution in [1.29, 1.82) is 0 Å². The number of rotatable bonds is 3. The molecule has 1 aliphatic rings. The second-order valence-corrected chi connectivity index (χ2v) is 5.05. The van der Waals surface area contributed by atoms with Gasteiger partial charge in [-0.1, -0.05) is 12.1 Å². The Morgan fingerprint density at radius 3 is 2.09 bits per heavy atom. The van der Waals surface area contributed by atoms with Crippen molar-refractivity contribution in [2.45, 2.75) is 13.5 Å². The topological polar surface area (TPSA) is 92.2 Å². The molecule has 0 unspecified atom stereocenters. The Labute approximate surface area is 124 Å². The molecule has 0 saturated heterocycles. The summed E-state index contributed by atoms with van der Waals surface area (Å²) in [4.78, 5) is 51.5. The average molecular weight is 299 g/mol. The van der Waals surface area contributed by atoms with Crippen molar-refractivity contribution >= 4 is 11.8 Å². The minimum absolute atomic E-state index is 0.0294. The summed E-state index contributed by atoms with van der Waals surface area (Å²) < 4.78 is 0.969. The van der Waals surface area contributed by atoms with Gasteiger partial charge >= 0.3 is 5.69 Å². The molecule has 2 amide bonds. The lowest BCUT2D eigenvalue weighted by Gasteiger charge is -2.14.